The van der Waals surface area contributed by atoms with Gasteiger partial charge < -0.3 is 25.3 Å². The normalized spacial score (nSPS) is 30.4. The summed E-state index contributed by atoms with van der Waals surface area (Å²) in [6, 6.07) is 1.81. The summed E-state index contributed by atoms with van der Waals surface area (Å²) in [6.07, 6.45) is 11.3. The molecule has 2 aliphatic rings. The van der Waals surface area contributed by atoms with Crippen LogP contribution in [0.5, 0.6) is 0 Å². The SMILES string of the molecule is Nc1ncnc2c1ccn2[C@@H]1O[C@H](CCC2CCCCCCC2)[C@@H](O)[C@H]1O. The molecule has 2 aromatic rings. The van der Waals surface area contributed by atoms with Crippen LogP contribution in [0.25, 0.3) is 11.0 Å². The highest BCUT2D eigenvalue weighted by Crippen LogP contribution is 2.36. The molecule has 4 rings (SSSR count). The molecule has 148 valence electrons. The number of rotatable bonds is 4. The van der Waals surface area contributed by atoms with Crippen molar-refractivity contribution in [3.63, 3.8) is 0 Å². The van der Waals surface area contributed by atoms with Crippen LogP contribution in [0.1, 0.15) is 64.0 Å². The molecule has 2 fully saturated rings. The van der Waals surface area contributed by atoms with Crippen LogP contribution in [-0.4, -0.2) is 43.1 Å². The van der Waals surface area contributed by atoms with Gasteiger partial charge in [-0.1, -0.05) is 44.9 Å². The number of hydrogen-bond donors (Lipinski definition) is 3. The predicted octanol–water partition coefficient (Wildman–Crippen LogP) is 2.77. The predicted molar refractivity (Wildman–Crippen MR) is 103 cm³/mol. The Morgan fingerprint density at radius 2 is 1.78 bits per heavy atom. The van der Waals surface area contributed by atoms with Crippen LogP contribution in [0.2, 0.25) is 0 Å². The van der Waals surface area contributed by atoms with Crippen LogP contribution in [0, 0.1) is 5.92 Å². The lowest BCUT2D eigenvalue weighted by molar-refractivity contribution is -0.0383. The summed E-state index contributed by atoms with van der Waals surface area (Å²) in [7, 11) is 0. The van der Waals surface area contributed by atoms with Crippen LogP contribution in [0.3, 0.4) is 0 Å². The molecule has 0 spiro atoms. The first kappa shape index (κ1) is 18.7. The van der Waals surface area contributed by atoms with Gasteiger partial charge in [0.25, 0.3) is 0 Å². The van der Waals surface area contributed by atoms with Crippen molar-refractivity contribution in [1.29, 1.82) is 0 Å². The number of aromatic nitrogens is 3. The topological polar surface area (TPSA) is 106 Å². The lowest BCUT2D eigenvalue weighted by Crippen LogP contribution is -2.31. The first-order chi connectivity index (χ1) is 13.1. The van der Waals surface area contributed by atoms with Crippen molar-refractivity contribution in [3.8, 4) is 0 Å². The minimum absolute atomic E-state index is 0.355. The summed E-state index contributed by atoms with van der Waals surface area (Å²) < 4.78 is 7.83. The number of anilines is 1. The highest BCUT2D eigenvalue weighted by atomic mass is 16.6. The molecule has 1 saturated carbocycles. The van der Waals surface area contributed by atoms with Crippen LogP contribution in [0.4, 0.5) is 5.82 Å². The Morgan fingerprint density at radius 1 is 1.04 bits per heavy atom. The lowest BCUT2D eigenvalue weighted by atomic mass is 9.87. The average molecular weight is 374 g/mol. The maximum absolute atomic E-state index is 10.6. The van der Waals surface area contributed by atoms with Crippen molar-refractivity contribution in [2.75, 3.05) is 5.73 Å². The van der Waals surface area contributed by atoms with Gasteiger partial charge in [-0.3, -0.25) is 0 Å². The second-order valence-corrected chi connectivity index (χ2v) is 8.05. The van der Waals surface area contributed by atoms with E-state index in [0.29, 0.717) is 17.4 Å². The third-order valence-corrected chi connectivity index (χ3v) is 6.24. The lowest BCUT2D eigenvalue weighted by Gasteiger charge is -2.22. The van der Waals surface area contributed by atoms with Crippen LogP contribution in [-0.2, 0) is 4.74 Å². The fraction of sp³-hybridized carbons (Fsp3) is 0.700. The minimum atomic E-state index is -0.987. The Bertz CT molecular complexity index is 757. The zero-order valence-corrected chi connectivity index (χ0v) is 15.7. The van der Waals surface area contributed by atoms with Gasteiger partial charge >= 0.3 is 0 Å². The van der Waals surface area contributed by atoms with Crippen LogP contribution >= 0.6 is 0 Å². The van der Waals surface area contributed by atoms with Crippen molar-refractivity contribution in [2.45, 2.75) is 82.3 Å². The smallest absolute Gasteiger partial charge is 0.164 e. The number of hydrogen-bond acceptors (Lipinski definition) is 6. The molecule has 1 aliphatic carbocycles. The molecular formula is C20H30N4O3. The van der Waals surface area contributed by atoms with Crippen molar-refractivity contribution in [2.24, 2.45) is 5.92 Å². The second kappa shape index (κ2) is 8.12. The van der Waals surface area contributed by atoms with Crippen molar-refractivity contribution < 1.29 is 14.9 Å². The first-order valence-electron chi connectivity index (χ1n) is 10.2. The molecule has 3 heterocycles. The van der Waals surface area contributed by atoms with Gasteiger partial charge in [0, 0.05) is 6.20 Å². The molecule has 27 heavy (non-hydrogen) atoms. The van der Waals surface area contributed by atoms with E-state index in [9.17, 15) is 10.2 Å². The van der Waals surface area contributed by atoms with Crippen LogP contribution in [0.15, 0.2) is 18.6 Å². The van der Waals surface area contributed by atoms with Gasteiger partial charge in [-0.25, -0.2) is 9.97 Å². The molecule has 0 unspecified atom stereocenters. The number of nitrogen functional groups attached to an aromatic ring is 1. The van der Waals surface area contributed by atoms with Gasteiger partial charge in [0.1, 0.15) is 30.0 Å². The summed E-state index contributed by atoms with van der Waals surface area (Å²) in [5, 5.41) is 21.8. The second-order valence-electron chi connectivity index (χ2n) is 8.05. The van der Waals surface area contributed by atoms with E-state index < -0.39 is 18.4 Å². The van der Waals surface area contributed by atoms with Gasteiger partial charge in [0.05, 0.1) is 11.5 Å². The number of fused-ring (bicyclic) bond motifs is 1. The number of aliphatic hydroxyl groups is 2. The molecule has 0 bridgehead atoms. The molecule has 2 aromatic heterocycles. The average Bonchev–Trinajstić information content (AvgIpc) is 3.18. The maximum Gasteiger partial charge on any atom is 0.164 e. The molecule has 1 saturated heterocycles. The highest BCUT2D eigenvalue weighted by Gasteiger charge is 2.43. The third kappa shape index (κ3) is 3.81. The van der Waals surface area contributed by atoms with E-state index in [1.807, 2.05) is 6.07 Å². The summed E-state index contributed by atoms with van der Waals surface area (Å²) >= 11 is 0. The largest absolute Gasteiger partial charge is 0.388 e. The molecule has 4 N–H and O–H groups in total. The van der Waals surface area contributed by atoms with E-state index >= 15 is 0 Å². The Hall–Kier alpha value is -1.70. The van der Waals surface area contributed by atoms with Crippen molar-refractivity contribution >= 4 is 16.9 Å². The number of nitrogens with zero attached hydrogens (tertiary/aromatic N) is 3. The van der Waals surface area contributed by atoms with E-state index in [1.54, 1.807) is 10.8 Å². The van der Waals surface area contributed by atoms with Crippen molar-refractivity contribution in [3.05, 3.63) is 18.6 Å². The van der Waals surface area contributed by atoms with Crippen molar-refractivity contribution in [1.82, 2.24) is 14.5 Å². The Morgan fingerprint density at radius 3 is 2.56 bits per heavy atom. The summed E-state index contributed by atoms with van der Waals surface area (Å²) in [5.74, 6) is 1.10. The fourth-order valence-electron chi connectivity index (χ4n) is 4.62. The summed E-state index contributed by atoms with van der Waals surface area (Å²) in [5.41, 5.74) is 6.51. The van der Waals surface area contributed by atoms with E-state index in [-0.39, 0.29) is 6.10 Å². The number of nitrogens with two attached hydrogens (primary N) is 1. The molecule has 0 radical (unpaired) electrons. The highest BCUT2D eigenvalue weighted by molar-refractivity contribution is 5.86. The van der Waals surface area contributed by atoms with Gasteiger partial charge in [0.2, 0.25) is 0 Å². The van der Waals surface area contributed by atoms with E-state index in [1.165, 1.54) is 51.3 Å². The van der Waals surface area contributed by atoms with Crippen LogP contribution < -0.4 is 5.73 Å². The standard InChI is InChI=1S/C20H30N4O3/c21-18-14-10-11-24(19(14)23-12-22-18)20-17(26)16(25)15(27-20)9-8-13-6-4-2-1-3-5-7-13/h10-13,15-17,20,25-26H,1-9H2,(H2,21,22,23)/t15-,16-,17-,20-/m1/s1. The van der Waals surface area contributed by atoms with Gasteiger partial charge in [-0.2, -0.15) is 0 Å². The Labute approximate surface area is 159 Å². The Kier molecular flexibility index (Phi) is 5.61. The third-order valence-electron chi connectivity index (χ3n) is 6.24. The van der Waals surface area contributed by atoms with E-state index in [0.717, 1.165) is 18.2 Å². The number of aliphatic hydroxyl groups excluding tert-OH is 2. The Balaban J connectivity index is 1.43. The first-order valence-corrected chi connectivity index (χ1v) is 10.2. The molecule has 7 heteroatoms. The quantitative estimate of drug-likeness (QED) is 0.760. The zero-order valence-electron chi connectivity index (χ0n) is 15.7. The summed E-state index contributed by atoms with van der Waals surface area (Å²) in [6.45, 7) is 0. The van der Waals surface area contributed by atoms with E-state index in [4.69, 9.17) is 10.5 Å². The summed E-state index contributed by atoms with van der Waals surface area (Å²) in [4.78, 5) is 8.26. The minimum Gasteiger partial charge on any atom is -0.388 e. The number of ether oxygens (including phenoxy) is 1. The molecular weight excluding hydrogens is 344 g/mol. The molecule has 0 aromatic carbocycles. The molecule has 4 atom stereocenters. The van der Waals surface area contributed by atoms with E-state index in [2.05, 4.69) is 9.97 Å². The monoisotopic (exact) mass is 374 g/mol. The molecule has 7 nitrogen and oxygen atoms in total. The molecule has 0 amide bonds. The maximum atomic E-state index is 10.6. The molecule has 1 aliphatic heterocycles. The van der Waals surface area contributed by atoms with Gasteiger partial charge in [0.15, 0.2) is 6.23 Å². The van der Waals surface area contributed by atoms with Gasteiger partial charge in [-0.15, -0.1) is 0 Å². The van der Waals surface area contributed by atoms with Gasteiger partial charge in [-0.05, 0) is 24.8 Å². The zero-order chi connectivity index (χ0) is 18.8. The fourth-order valence-corrected chi connectivity index (χ4v) is 4.62.